The Bertz CT molecular complexity index is 1120. The van der Waals surface area contributed by atoms with Crippen LogP contribution in [0.5, 0.6) is 11.5 Å². The first-order chi connectivity index (χ1) is 15.4. The molecule has 1 aliphatic rings. The summed E-state index contributed by atoms with van der Waals surface area (Å²) < 4.78 is 10.7. The molecule has 0 spiro atoms. The van der Waals surface area contributed by atoms with Crippen LogP contribution < -0.4 is 4.74 Å². The second-order valence-corrected chi connectivity index (χ2v) is 7.59. The fourth-order valence-electron chi connectivity index (χ4n) is 3.59. The SMILES string of the molecule is O=C(Cc1ccc2ccccc2n1)c1ccc(OC2OC(CO)C(O)C(O)C2O)cc1O. The number of pyridine rings is 1. The first-order valence-electron chi connectivity index (χ1n) is 10.1. The summed E-state index contributed by atoms with van der Waals surface area (Å²) in [5.74, 6) is -0.616. The van der Waals surface area contributed by atoms with Crippen LogP contribution in [0.15, 0.2) is 54.6 Å². The number of aromatic nitrogens is 1. The number of aliphatic hydroxyl groups is 4. The molecule has 9 nitrogen and oxygen atoms in total. The van der Waals surface area contributed by atoms with Gasteiger partial charge in [-0.2, -0.15) is 0 Å². The molecular formula is C23H23NO8. The third kappa shape index (κ3) is 4.43. The van der Waals surface area contributed by atoms with Crippen molar-refractivity contribution in [2.45, 2.75) is 37.1 Å². The molecule has 1 aliphatic heterocycles. The van der Waals surface area contributed by atoms with E-state index in [0.717, 1.165) is 10.9 Å². The average molecular weight is 441 g/mol. The third-order valence-corrected chi connectivity index (χ3v) is 5.37. The van der Waals surface area contributed by atoms with Crippen LogP contribution in [0.3, 0.4) is 0 Å². The molecule has 0 aliphatic carbocycles. The first-order valence-corrected chi connectivity index (χ1v) is 10.1. The molecule has 0 radical (unpaired) electrons. The second kappa shape index (κ2) is 9.19. The summed E-state index contributed by atoms with van der Waals surface area (Å²) in [6, 6.07) is 15.1. The number of rotatable bonds is 6. The smallest absolute Gasteiger partial charge is 0.229 e. The summed E-state index contributed by atoms with van der Waals surface area (Å²) in [5.41, 5.74) is 1.40. The maximum Gasteiger partial charge on any atom is 0.229 e. The maximum atomic E-state index is 12.7. The third-order valence-electron chi connectivity index (χ3n) is 5.37. The van der Waals surface area contributed by atoms with Gasteiger partial charge >= 0.3 is 0 Å². The Morgan fingerprint density at radius 2 is 1.78 bits per heavy atom. The molecule has 0 bridgehead atoms. The summed E-state index contributed by atoms with van der Waals surface area (Å²) in [6.45, 7) is -0.591. The molecule has 5 unspecified atom stereocenters. The van der Waals surface area contributed by atoms with Crippen molar-refractivity contribution in [2.24, 2.45) is 0 Å². The maximum absolute atomic E-state index is 12.7. The lowest BCUT2D eigenvalue weighted by Crippen LogP contribution is -2.60. The minimum Gasteiger partial charge on any atom is -0.507 e. The van der Waals surface area contributed by atoms with Crippen LogP contribution >= 0.6 is 0 Å². The molecule has 5 atom stereocenters. The predicted octanol–water partition coefficient (Wildman–Crippen LogP) is 0.544. The molecule has 3 aromatic rings. The van der Waals surface area contributed by atoms with Gasteiger partial charge in [-0.05, 0) is 24.3 Å². The summed E-state index contributed by atoms with van der Waals surface area (Å²) in [7, 11) is 0. The molecule has 168 valence electrons. The molecule has 1 aromatic heterocycles. The van der Waals surface area contributed by atoms with Crippen molar-refractivity contribution in [3.05, 3.63) is 65.9 Å². The van der Waals surface area contributed by atoms with Gasteiger partial charge in [0.2, 0.25) is 6.29 Å². The number of fused-ring (bicyclic) bond motifs is 1. The Kier molecular flexibility index (Phi) is 6.35. The number of ketones is 1. The fourth-order valence-corrected chi connectivity index (χ4v) is 3.59. The van der Waals surface area contributed by atoms with Crippen LogP contribution in [0.2, 0.25) is 0 Å². The number of carbonyl (C=O) groups excluding carboxylic acids is 1. The quantitative estimate of drug-likeness (QED) is 0.346. The number of hydrogen-bond acceptors (Lipinski definition) is 9. The molecule has 2 aromatic carbocycles. The van der Waals surface area contributed by atoms with Crippen LogP contribution in [0.1, 0.15) is 16.1 Å². The van der Waals surface area contributed by atoms with Crippen LogP contribution in [-0.2, 0) is 11.2 Å². The molecule has 1 fully saturated rings. The molecule has 4 rings (SSSR count). The minimum absolute atomic E-state index is 0.00862. The van der Waals surface area contributed by atoms with Crippen molar-refractivity contribution in [1.29, 1.82) is 0 Å². The number of nitrogens with zero attached hydrogens (tertiary/aromatic N) is 1. The molecule has 0 amide bonds. The molecule has 9 heteroatoms. The van der Waals surface area contributed by atoms with Gasteiger partial charge in [-0.15, -0.1) is 0 Å². The number of benzene rings is 2. The topological polar surface area (TPSA) is 150 Å². The van der Waals surface area contributed by atoms with Gasteiger partial charge in [-0.25, -0.2) is 0 Å². The van der Waals surface area contributed by atoms with Crippen molar-refractivity contribution in [2.75, 3.05) is 6.61 Å². The van der Waals surface area contributed by atoms with Crippen molar-refractivity contribution in [3.8, 4) is 11.5 Å². The van der Waals surface area contributed by atoms with E-state index >= 15 is 0 Å². The van der Waals surface area contributed by atoms with Gasteiger partial charge in [0.1, 0.15) is 35.9 Å². The predicted molar refractivity (Wildman–Crippen MR) is 112 cm³/mol. The molecule has 5 N–H and O–H groups in total. The number of aliphatic hydroxyl groups excluding tert-OH is 4. The van der Waals surface area contributed by atoms with Gasteiger partial charge in [0.05, 0.1) is 24.1 Å². The summed E-state index contributed by atoms with van der Waals surface area (Å²) in [5, 5.41) is 50.3. The lowest BCUT2D eigenvalue weighted by Gasteiger charge is -2.39. The number of carbonyl (C=O) groups is 1. The van der Waals surface area contributed by atoms with Gasteiger partial charge in [-0.3, -0.25) is 9.78 Å². The fraction of sp³-hybridized carbons (Fsp3) is 0.304. The summed E-state index contributed by atoms with van der Waals surface area (Å²) in [4.78, 5) is 17.2. The number of para-hydroxylation sites is 1. The molecule has 1 saturated heterocycles. The lowest BCUT2D eigenvalue weighted by atomic mass is 9.99. The van der Waals surface area contributed by atoms with Gasteiger partial charge < -0.3 is 35.0 Å². The zero-order valence-electron chi connectivity index (χ0n) is 16.9. The van der Waals surface area contributed by atoms with Gasteiger partial charge in [0, 0.05) is 17.1 Å². The van der Waals surface area contributed by atoms with Crippen LogP contribution in [0.25, 0.3) is 10.9 Å². The molecular weight excluding hydrogens is 418 g/mol. The van der Waals surface area contributed by atoms with E-state index in [2.05, 4.69) is 4.98 Å². The molecule has 32 heavy (non-hydrogen) atoms. The van der Waals surface area contributed by atoms with Gasteiger partial charge in [0.15, 0.2) is 5.78 Å². The normalized spacial score (nSPS) is 25.6. The summed E-state index contributed by atoms with van der Waals surface area (Å²) >= 11 is 0. The number of hydrogen-bond donors (Lipinski definition) is 5. The monoisotopic (exact) mass is 441 g/mol. The standard InChI is InChI=1S/C23H23NO8/c25-11-19-20(28)21(29)22(30)23(32-19)31-14-7-8-15(18(27)10-14)17(26)9-13-6-5-12-3-1-2-4-16(12)24-13/h1-8,10,19-23,25,27-30H,9,11H2. The highest BCUT2D eigenvalue weighted by Gasteiger charge is 2.44. The highest BCUT2D eigenvalue weighted by atomic mass is 16.7. The lowest BCUT2D eigenvalue weighted by molar-refractivity contribution is -0.277. The highest BCUT2D eigenvalue weighted by molar-refractivity contribution is 6.00. The van der Waals surface area contributed by atoms with E-state index in [1.165, 1.54) is 18.2 Å². The van der Waals surface area contributed by atoms with Gasteiger partial charge in [-0.1, -0.05) is 24.3 Å². The molecule has 2 heterocycles. The van der Waals surface area contributed by atoms with E-state index < -0.39 is 37.3 Å². The Morgan fingerprint density at radius 3 is 2.53 bits per heavy atom. The molecule has 0 saturated carbocycles. The number of ether oxygens (including phenoxy) is 2. The van der Waals surface area contributed by atoms with E-state index in [1.54, 1.807) is 6.07 Å². The highest BCUT2D eigenvalue weighted by Crippen LogP contribution is 2.29. The number of Topliss-reactive ketones (excluding diaryl/α,β-unsaturated/α-hetero) is 1. The summed E-state index contributed by atoms with van der Waals surface area (Å²) in [6.07, 6.45) is -7.21. The van der Waals surface area contributed by atoms with Crippen molar-refractivity contribution >= 4 is 16.7 Å². The second-order valence-electron chi connectivity index (χ2n) is 7.59. The van der Waals surface area contributed by atoms with Crippen LogP contribution in [0, 0.1) is 0 Å². The van der Waals surface area contributed by atoms with Crippen LogP contribution in [-0.4, -0.2) is 73.6 Å². The number of phenols is 1. The Labute approximate surface area is 183 Å². The van der Waals surface area contributed by atoms with E-state index in [4.69, 9.17) is 9.47 Å². The Balaban J connectivity index is 1.47. The first kappa shape index (κ1) is 22.1. The zero-order valence-corrected chi connectivity index (χ0v) is 16.9. The van der Waals surface area contributed by atoms with E-state index in [-0.39, 0.29) is 29.3 Å². The van der Waals surface area contributed by atoms with E-state index in [9.17, 15) is 30.3 Å². The number of phenolic OH excluding ortho intramolecular Hbond substituents is 1. The Hall–Kier alpha value is -3.08. The van der Waals surface area contributed by atoms with E-state index in [0.29, 0.717) is 5.69 Å². The average Bonchev–Trinajstić information content (AvgIpc) is 2.79. The van der Waals surface area contributed by atoms with Crippen LogP contribution in [0.4, 0.5) is 0 Å². The zero-order chi connectivity index (χ0) is 22.8. The number of aromatic hydroxyl groups is 1. The van der Waals surface area contributed by atoms with E-state index in [1.807, 2.05) is 30.3 Å². The minimum atomic E-state index is -1.59. The van der Waals surface area contributed by atoms with Crippen molar-refractivity contribution in [1.82, 2.24) is 4.98 Å². The van der Waals surface area contributed by atoms with Crippen molar-refractivity contribution < 1.29 is 39.8 Å². The van der Waals surface area contributed by atoms with Gasteiger partial charge in [0.25, 0.3) is 0 Å². The Morgan fingerprint density at radius 1 is 1.00 bits per heavy atom. The largest absolute Gasteiger partial charge is 0.507 e. The van der Waals surface area contributed by atoms with Crippen molar-refractivity contribution in [3.63, 3.8) is 0 Å².